The van der Waals surface area contributed by atoms with Crippen molar-refractivity contribution in [1.29, 1.82) is 0 Å². The maximum Gasteiger partial charge on any atom is 0.161 e. The molecule has 2 nitrogen and oxygen atoms in total. The average Bonchev–Trinajstić information content (AvgIpc) is 2.37. The second-order valence-corrected chi connectivity index (χ2v) is 5.71. The van der Waals surface area contributed by atoms with Gasteiger partial charge in [0.1, 0.15) is 0 Å². The van der Waals surface area contributed by atoms with Crippen LogP contribution in [0.3, 0.4) is 0 Å². The van der Waals surface area contributed by atoms with Gasteiger partial charge >= 0.3 is 0 Å². The van der Waals surface area contributed by atoms with Crippen molar-refractivity contribution in [3.05, 3.63) is 58.6 Å². The van der Waals surface area contributed by atoms with Gasteiger partial charge in [0.2, 0.25) is 0 Å². The van der Waals surface area contributed by atoms with Crippen LogP contribution >= 0.6 is 23.4 Å². The van der Waals surface area contributed by atoms with Crippen molar-refractivity contribution in [2.45, 2.75) is 17.6 Å². The number of anilines is 1. The predicted molar refractivity (Wildman–Crippen MR) is 81.9 cm³/mol. The molecule has 2 aromatic carbocycles. The lowest BCUT2D eigenvalue weighted by molar-refractivity contribution is 0.101. The normalized spacial score (nSPS) is 10.4. The minimum absolute atomic E-state index is 0.00764. The Hall–Kier alpha value is -1.45. The van der Waals surface area contributed by atoms with Crippen molar-refractivity contribution >= 4 is 34.8 Å². The van der Waals surface area contributed by atoms with Crippen LogP contribution in [0.4, 0.5) is 5.69 Å². The lowest BCUT2D eigenvalue weighted by Crippen LogP contribution is -1.99. The lowest BCUT2D eigenvalue weighted by Gasteiger charge is -2.06. The summed E-state index contributed by atoms with van der Waals surface area (Å²) in [6.07, 6.45) is 0. The first-order valence-corrected chi connectivity index (χ1v) is 7.20. The van der Waals surface area contributed by atoms with Crippen molar-refractivity contribution in [1.82, 2.24) is 0 Å². The first-order chi connectivity index (χ1) is 9.06. The maximum absolute atomic E-state index is 11.3. The molecule has 0 aliphatic heterocycles. The van der Waals surface area contributed by atoms with Crippen molar-refractivity contribution in [2.75, 3.05) is 5.73 Å². The molecule has 0 aliphatic carbocycles. The molecule has 4 heteroatoms. The molecule has 0 radical (unpaired) electrons. The van der Waals surface area contributed by atoms with E-state index in [2.05, 4.69) is 0 Å². The summed E-state index contributed by atoms with van der Waals surface area (Å²) in [7, 11) is 0. The third-order valence-corrected chi connectivity index (χ3v) is 4.04. The van der Waals surface area contributed by atoms with E-state index in [1.54, 1.807) is 17.8 Å². The fraction of sp³-hybridized carbons (Fsp3) is 0.133. The second kappa shape index (κ2) is 6.13. The van der Waals surface area contributed by atoms with Gasteiger partial charge in [-0.15, -0.1) is 11.8 Å². The quantitative estimate of drug-likeness (QED) is 0.515. The molecule has 0 saturated heterocycles. The summed E-state index contributed by atoms with van der Waals surface area (Å²) in [5.74, 6) is 0.836. The molecule has 0 unspecified atom stereocenters. The Morgan fingerprint density at radius 3 is 2.47 bits per heavy atom. The first kappa shape index (κ1) is 14.0. The molecule has 0 bridgehead atoms. The highest BCUT2D eigenvalue weighted by Crippen LogP contribution is 2.26. The van der Waals surface area contributed by atoms with Gasteiger partial charge in [0, 0.05) is 26.9 Å². The Balaban J connectivity index is 2.06. The van der Waals surface area contributed by atoms with Crippen LogP contribution in [0.25, 0.3) is 0 Å². The lowest BCUT2D eigenvalue weighted by atomic mass is 10.1. The summed E-state index contributed by atoms with van der Waals surface area (Å²) in [5, 5.41) is 0.740. The molecule has 98 valence electrons. The molecule has 2 N–H and O–H groups in total. The monoisotopic (exact) mass is 291 g/mol. The Kier molecular flexibility index (Phi) is 4.51. The van der Waals surface area contributed by atoms with Crippen molar-refractivity contribution < 1.29 is 4.79 Å². The maximum atomic E-state index is 11.3. The van der Waals surface area contributed by atoms with Gasteiger partial charge < -0.3 is 5.73 Å². The Morgan fingerprint density at radius 1 is 1.21 bits per heavy atom. The summed E-state index contributed by atoms with van der Waals surface area (Å²) < 4.78 is 0. The molecule has 19 heavy (non-hydrogen) atoms. The van der Waals surface area contributed by atoms with E-state index >= 15 is 0 Å². The molecule has 0 heterocycles. The standard InChI is InChI=1S/C15H14ClNOS/c1-10(18)14-7-6-13(8-15(14)17)19-9-11-2-4-12(16)5-3-11/h2-8H,9,17H2,1H3. The number of ketones is 1. The van der Waals surface area contributed by atoms with Gasteiger partial charge in [-0.1, -0.05) is 23.7 Å². The van der Waals surface area contributed by atoms with Crippen LogP contribution in [0.2, 0.25) is 5.02 Å². The number of rotatable bonds is 4. The van der Waals surface area contributed by atoms with Gasteiger partial charge in [-0.3, -0.25) is 4.79 Å². The van der Waals surface area contributed by atoms with E-state index in [9.17, 15) is 4.79 Å². The molecule has 2 rings (SSSR count). The molecular formula is C15H14ClNOS. The minimum atomic E-state index is -0.00764. The Labute approximate surface area is 122 Å². The number of Topliss-reactive ketones (excluding diaryl/α,β-unsaturated/α-hetero) is 1. The summed E-state index contributed by atoms with van der Waals surface area (Å²) in [6.45, 7) is 1.52. The van der Waals surface area contributed by atoms with E-state index in [0.29, 0.717) is 11.3 Å². The van der Waals surface area contributed by atoms with E-state index in [-0.39, 0.29) is 5.78 Å². The Bertz CT molecular complexity index is 596. The minimum Gasteiger partial charge on any atom is -0.398 e. The van der Waals surface area contributed by atoms with Crippen molar-refractivity contribution in [3.63, 3.8) is 0 Å². The van der Waals surface area contributed by atoms with Gasteiger partial charge in [-0.05, 0) is 42.8 Å². The molecule has 0 atom stereocenters. The fourth-order valence-electron chi connectivity index (χ4n) is 1.70. The third kappa shape index (κ3) is 3.75. The fourth-order valence-corrected chi connectivity index (χ4v) is 2.72. The molecule has 0 fully saturated rings. The number of thioether (sulfide) groups is 1. The second-order valence-electron chi connectivity index (χ2n) is 4.22. The highest BCUT2D eigenvalue weighted by molar-refractivity contribution is 7.98. The van der Waals surface area contributed by atoms with Crippen LogP contribution in [0.1, 0.15) is 22.8 Å². The highest BCUT2D eigenvalue weighted by Gasteiger charge is 2.05. The zero-order chi connectivity index (χ0) is 13.8. The van der Waals surface area contributed by atoms with Crippen molar-refractivity contribution in [3.8, 4) is 0 Å². The average molecular weight is 292 g/mol. The molecular weight excluding hydrogens is 278 g/mol. The molecule has 0 aliphatic rings. The van der Waals surface area contributed by atoms with Gasteiger partial charge in [0.05, 0.1) is 0 Å². The van der Waals surface area contributed by atoms with Gasteiger partial charge in [0.15, 0.2) is 5.78 Å². The number of nitrogen functional groups attached to an aromatic ring is 1. The van der Waals surface area contributed by atoms with Gasteiger partial charge in [0.25, 0.3) is 0 Å². The predicted octanol–water partition coefficient (Wildman–Crippen LogP) is 4.42. The summed E-state index contributed by atoms with van der Waals surface area (Å²) in [4.78, 5) is 12.3. The number of benzene rings is 2. The summed E-state index contributed by atoms with van der Waals surface area (Å²) in [6, 6.07) is 13.3. The number of hydrogen-bond donors (Lipinski definition) is 1. The smallest absolute Gasteiger partial charge is 0.161 e. The van der Waals surface area contributed by atoms with E-state index in [1.165, 1.54) is 12.5 Å². The van der Waals surface area contributed by atoms with E-state index in [1.807, 2.05) is 36.4 Å². The molecule has 0 saturated carbocycles. The zero-order valence-corrected chi connectivity index (χ0v) is 12.1. The van der Waals surface area contributed by atoms with Crippen LogP contribution < -0.4 is 5.73 Å². The molecule has 0 spiro atoms. The zero-order valence-electron chi connectivity index (χ0n) is 10.5. The number of carbonyl (C=O) groups is 1. The Morgan fingerprint density at radius 2 is 1.89 bits per heavy atom. The molecule has 0 amide bonds. The van der Waals surface area contributed by atoms with Crippen LogP contribution in [0.5, 0.6) is 0 Å². The summed E-state index contributed by atoms with van der Waals surface area (Å²) >= 11 is 7.52. The largest absolute Gasteiger partial charge is 0.398 e. The number of halogens is 1. The summed E-state index contributed by atoms with van der Waals surface area (Å²) in [5.41, 5.74) is 8.17. The highest BCUT2D eigenvalue weighted by atomic mass is 35.5. The van der Waals surface area contributed by atoms with E-state index in [0.717, 1.165) is 15.7 Å². The number of hydrogen-bond acceptors (Lipinski definition) is 3. The van der Waals surface area contributed by atoms with Crippen LogP contribution in [0, 0.1) is 0 Å². The third-order valence-electron chi connectivity index (χ3n) is 2.72. The van der Waals surface area contributed by atoms with E-state index in [4.69, 9.17) is 17.3 Å². The number of nitrogens with two attached hydrogens (primary N) is 1. The molecule has 2 aromatic rings. The van der Waals surface area contributed by atoms with Crippen molar-refractivity contribution in [2.24, 2.45) is 0 Å². The van der Waals surface area contributed by atoms with Gasteiger partial charge in [-0.2, -0.15) is 0 Å². The number of carbonyl (C=O) groups excluding carboxylic acids is 1. The van der Waals surface area contributed by atoms with Crippen LogP contribution in [-0.4, -0.2) is 5.78 Å². The molecule has 0 aromatic heterocycles. The van der Waals surface area contributed by atoms with Crippen LogP contribution in [-0.2, 0) is 5.75 Å². The topological polar surface area (TPSA) is 43.1 Å². The van der Waals surface area contributed by atoms with E-state index < -0.39 is 0 Å². The SMILES string of the molecule is CC(=O)c1ccc(SCc2ccc(Cl)cc2)cc1N. The van der Waals surface area contributed by atoms with Crippen LogP contribution in [0.15, 0.2) is 47.4 Å². The van der Waals surface area contributed by atoms with Gasteiger partial charge in [-0.25, -0.2) is 0 Å². The first-order valence-electron chi connectivity index (χ1n) is 5.84.